The topological polar surface area (TPSA) is 63.7 Å². The molecule has 2 heterocycles. The number of hydrogen-bond donors (Lipinski definition) is 0. The minimum absolute atomic E-state index is 0.0404. The Morgan fingerprint density at radius 3 is 2.78 bits per heavy atom. The van der Waals surface area contributed by atoms with Crippen LogP contribution in [0.1, 0.15) is 25.7 Å². The Morgan fingerprint density at radius 1 is 1.39 bits per heavy atom. The van der Waals surface area contributed by atoms with E-state index in [9.17, 15) is 13.2 Å². The van der Waals surface area contributed by atoms with Crippen LogP contribution in [0.25, 0.3) is 0 Å². The van der Waals surface area contributed by atoms with Gasteiger partial charge in [-0.15, -0.1) is 0 Å². The largest absolute Gasteiger partial charge is 0.381 e. The highest BCUT2D eigenvalue weighted by molar-refractivity contribution is 7.88. The van der Waals surface area contributed by atoms with Crippen LogP contribution in [0.5, 0.6) is 0 Å². The summed E-state index contributed by atoms with van der Waals surface area (Å²) in [4.78, 5) is 12.0. The maximum Gasteiger partial charge on any atom is 0.211 e. The van der Waals surface area contributed by atoms with Crippen LogP contribution in [-0.2, 0) is 19.6 Å². The Bertz CT molecular complexity index is 400. The van der Waals surface area contributed by atoms with Crippen LogP contribution in [0.15, 0.2) is 0 Å². The molecule has 0 radical (unpaired) electrons. The molecule has 0 amide bonds. The zero-order chi connectivity index (χ0) is 13.2. The van der Waals surface area contributed by atoms with Gasteiger partial charge in [-0.25, -0.2) is 12.7 Å². The van der Waals surface area contributed by atoms with Crippen molar-refractivity contribution in [3.63, 3.8) is 0 Å². The van der Waals surface area contributed by atoms with E-state index in [1.807, 2.05) is 0 Å². The number of ether oxygens (including phenoxy) is 1. The predicted octanol–water partition coefficient (Wildman–Crippen LogP) is 0.654. The molecule has 104 valence electrons. The Labute approximate surface area is 109 Å². The van der Waals surface area contributed by atoms with Crippen molar-refractivity contribution in [1.82, 2.24) is 4.31 Å². The van der Waals surface area contributed by atoms with Gasteiger partial charge in [0.25, 0.3) is 0 Å². The van der Waals surface area contributed by atoms with E-state index in [2.05, 4.69) is 0 Å². The standard InChI is InChI=1S/C12H21NO4S/c1-18(15,16)13-5-2-3-10(8-13)7-12(14)11-4-6-17-9-11/h10-11H,2-9H2,1H3. The normalized spacial score (nSPS) is 30.5. The molecule has 0 aliphatic carbocycles. The molecule has 2 rings (SSSR count). The third-order valence-corrected chi connectivity index (χ3v) is 5.10. The summed E-state index contributed by atoms with van der Waals surface area (Å²) in [7, 11) is -3.12. The molecular formula is C12H21NO4S. The lowest BCUT2D eigenvalue weighted by molar-refractivity contribution is -0.124. The molecule has 0 spiro atoms. The molecule has 0 N–H and O–H groups in total. The summed E-state index contributed by atoms with van der Waals surface area (Å²) in [6.07, 6.45) is 4.36. The maximum atomic E-state index is 12.0. The summed E-state index contributed by atoms with van der Waals surface area (Å²) in [6.45, 7) is 2.31. The van der Waals surface area contributed by atoms with Crippen molar-refractivity contribution in [2.45, 2.75) is 25.7 Å². The van der Waals surface area contributed by atoms with Gasteiger partial charge in [-0.05, 0) is 25.2 Å². The fourth-order valence-corrected chi connectivity index (χ4v) is 3.68. The number of hydrogen-bond acceptors (Lipinski definition) is 4. The van der Waals surface area contributed by atoms with Gasteiger partial charge in [-0.3, -0.25) is 4.79 Å². The smallest absolute Gasteiger partial charge is 0.211 e. The van der Waals surface area contributed by atoms with Crippen molar-refractivity contribution in [3.8, 4) is 0 Å². The summed E-state index contributed by atoms with van der Waals surface area (Å²) >= 11 is 0. The van der Waals surface area contributed by atoms with Crippen molar-refractivity contribution in [2.75, 3.05) is 32.6 Å². The summed E-state index contributed by atoms with van der Waals surface area (Å²) in [6, 6.07) is 0. The lowest BCUT2D eigenvalue weighted by Crippen LogP contribution is -2.40. The van der Waals surface area contributed by atoms with Crippen molar-refractivity contribution in [3.05, 3.63) is 0 Å². The Balaban J connectivity index is 1.87. The highest BCUT2D eigenvalue weighted by Crippen LogP contribution is 2.25. The van der Waals surface area contributed by atoms with Gasteiger partial charge in [-0.1, -0.05) is 0 Å². The zero-order valence-electron chi connectivity index (χ0n) is 10.8. The SMILES string of the molecule is CS(=O)(=O)N1CCCC(CC(=O)C2CCOC2)C1. The van der Waals surface area contributed by atoms with Gasteiger partial charge in [0.2, 0.25) is 10.0 Å². The summed E-state index contributed by atoms with van der Waals surface area (Å²) in [5.74, 6) is 0.466. The lowest BCUT2D eigenvalue weighted by atomic mass is 9.89. The molecule has 2 fully saturated rings. The molecule has 0 aromatic carbocycles. The number of rotatable bonds is 4. The minimum Gasteiger partial charge on any atom is -0.381 e. The van der Waals surface area contributed by atoms with E-state index in [4.69, 9.17) is 4.74 Å². The van der Waals surface area contributed by atoms with E-state index in [1.54, 1.807) is 0 Å². The molecule has 0 saturated carbocycles. The van der Waals surface area contributed by atoms with Crippen LogP contribution in [0.3, 0.4) is 0 Å². The molecule has 5 nitrogen and oxygen atoms in total. The molecule has 0 aromatic heterocycles. The van der Waals surface area contributed by atoms with Crippen LogP contribution in [0.4, 0.5) is 0 Å². The van der Waals surface area contributed by atoms with E-state index in [0.717, 1.165) is 19.3 Å². The number of carbonyl (C=O) groups is 1. The molecule has 2 atom stereocenters. The monoisotopic (exact) mass is 275 g/mol. The first-order valence-corrected chi connectivity index (χ1v) is 8.37. The van der Waals surface area contributed by atoms with Crippen molar-refractivity contribution >= 4 is 15.8 Å². The number of ketones is 1. The van der Waals surface area contributed by atoms with Gasteiger partial charge in [-0.2, -0.15) is 0 Å². The van der Waals surface area contributed by atoms with E-state index in [0.29, 0.717) is 32.7 Å². The van der Waals surface area contributed by atoms with E-state index in [-0.39, 0.29) is 17.6 Å². The van der Waals surface area contributed by atoms with Gasteiger partial charge < -0.3 is 4.74 Å². The molecule has 0 bridgehead atoms. The van der Waals surface area contributed by atoms with Crippen LogP contribution < -0.4 is 0 Å². The molecule has 2 aliphatic heterocycles. The van der Waals surface area contributed by atoms with Gasteiger partial charge in [0, 0.05) is 32.0 Å². The Kier molecular flexibility index (Phi) is 4.40. The fraction of sp³-hybridized carbons (Fsp3) is 0.917. The molecular weight excluding hydrogens is 254 g/mol. The first kappa shape index (κ1) is 14.0. The van der Waals surface area contributed by atoms with Gasteiger partial charge in [0.05, 0.1) is 12.9 Å². The maximum absolute atomic E-state index is 12.0. The molecule has 2 aliphatic rings. The second kappa shape index (κ2) is 5.67. The number of sulfonamides is 1. The summed E-state index contributed by atoms with van der Waals surface area (Å²) < 4.78 is 29.7. The molecule has 18 heavy (non-hydrogen) atoms. The first-order chi connectivity index (χ1) is 8.47. The van der Waals surface area contributed by atoms with Crippen LogP contribution >= 0.6 is 0 Å². The third kappa shape index (κ3) is 3.52. The fourth-order valence-electron chi connectivity index (χ4n) is 2.73. The molecule has 6 heteroatoms. The van der Waals surface area contributed by atoms with Crippen LogP contribution in [-0.4, -0.2) is 51.1 Å². The Hall–Kier alpha value is -0.460. The van der Waals surface area contributed by atoms with Crippen LogP contribution in [0, 0.1) is 11.8 Å². The number of carbonyl (C=O) groups excluding carboxylic acids is 1. The lowest BCUT2D eigenvalue weighted by Gasteiger charge is -2.30. The van der Waals surface area contributed by atoms with E-state index < -0.39 is 10.0 Å². The van der Waals surface area contributed by atoms with Crippen molar-refractivity contribution in [1.29, 1.82) is 0 Å². The van der Waals surface area contributed by atoms with E-state index >= 15 is 0 Å². The average molecular weight is 275 g/mol. The van der Waals surface area contributed by atoms with Gasteiger partial charge >= 0.3 is 0 Å². The second-order valence-electron chi connectivity index (χ2n) is 5.36. The molecule has 0 aromatic rings. The highest BCUT2D eigenvalue weighted by atomic mass is 32.2. The number of piperidine rings is 1. The second-order valence-corrected chi connectivity index (χ2v) is 7.34. The summed E-state index contributed by atoms with van der Waals surface area (Å²) in [5.41, 5.74) is 0. The third-order valence-electron chi connectivity index (χ3n) is 3.83. The van der Waals surface area contributed by atoms with Crippen molar-refractivity contribution in [2.24, 2.45) is 11.8 Å². The summed E-state index contributed by atoms with van der Waals surface area (Å²) in [5, 5.41) is 0. The Morgan fingerprint density at radius 2 is 2.17 bits per heavy atom. The number of Topliss-reactive ketones (excluding diaryl/α,β-unsaturated/α-hetero) is 1. The van der Waals surface area contributed by atoms with Gasteiger partial charge in [0.15, 0.2) is 0 Å². The zero-order valence-corrected chi connectivity index (χ0v) is 11.6. The molecule has 2 unspecified atom stereocenters. The van der Waals surface area contributed by atoms with Gasteiger partial charge in [0.1, 0.15) is 5.78 Å². The van der Waals surface area contributed by atoms with Crippen LogP contribution in [0.2, 0.25) is 0 Å². The first-order valence-electron chi connectivity index (χ1n) is 6.52. The highest BCUT2D eigenvalue weighted by Gasteiger charge is 2.30. The average Bonchev–Trinajstić information content (AvgIpc) is 2.81. The minimum atomic E-state index is -3.12. The number of nitrogens with zero attached hydrogens (tertiary/aromatic N) is 1. The van der Waals surface area contributed by atoms with Crippen molar-refractivity contribution < 1.29 is 17.9 Å². The quantitative estimate of drug-likeness (QED) is 0.756. The van der Waals surface area contributed by atoms with E-state index in [1.165, 1.54) is 10.6 Å². The molecule has 2 saturated heterocycles. The predicted molar refractivity (Wildman–Crippen MR) is 67.7 cm³/mol.